The molecule has 10 heteroatoms. The second-order valence-electron chi connectivity index (χ2n) is 9.06. The third-order valence-electron chi connectivity index (χ3n) is 6.40. The maximum Gasteiger partial charge on any atom is 0.242 e. The fourth-order valence-corrected chi connectivity index (χ4v) is 5.43. The fraction of sp³-hybridized carbons (Fsp3) is 0.308. The van der Waals surface area contributed by atoms with Crippen LogP contribution in [0.25, 0.3) is 0 Å². The Labute approximate surface area is 212 Å². The smallest absolute Gasteiger partial charge is 0.242 e. The van der Waals surface area contributed by atoms with E-state index in [0.29, 0.717) is 23.9 Å². The summed E-state index contributed by atoms with van der Waals surface area (Å²) < 4.78 is 14.6. The van der Waals surface area contributed by atoms with E-state index in [0.717, 1.165) is 28.1 Å². The van der Waals surface area contributed by atoms with Crippen molar-refractivity contribution >= 4 is 41.0 Å². The largest absolute Gasteiger partial charge is 0.350 e. The maximum atomic E-state index is 13.2. The van der Waals surface area contributed by atoms with Gasteiger partial charge in [-0.1, -0.05) is 29.8 Å². The lowest BCUT2D eigenvalue weighted by atomic mass is 10.1. The Morgan fingerprint density at radius 3 is 2.61 bits per heavy atom. The molecule has 0 radical (unpaired) electrons. The number of amides is 3. The molecule has 36 heavy (non-hydrogen) atoms. The number of halogens is 1. The molecule has 1 aromatic heterocycles. The molecule has 0 saturated carbocycles. The van der Waals surface area contributed by atoms with Gasteiger partial charge in [-0.3, -0.25) is 14.4 Å². The number of carbonyl (C=O) groups excluding carboxylic acids is 3. The average molecular weight is 508 g/mol. The zero-order valence-corrected chi connectivity index (χ0v) is 20.6. The van der Waals surface area contributed by atoms with Crippen molar-refractivity contribution in [2.45, 2.75) is 37.9 Å². The fourth-order valence-electron chi connectivity index (χ4n) is 4.39. The molecule has 2 aromatic carbocycles. The minimum atomic E-state index is -0.501. The van der Waals surface area contributed by atoms with Crippen LogP contribution in [0.1, 0.15) is 28.8 Å². The number of aryl methyl sites for hydroxylation is 1. The topological polar surface area (TPSA) is 96.3 Å². The summed E-state index contributed by atoms with van der Waals surface area (Å²) in [6.07, 6.45) is 0.128. The van der Waals surface area contributed by atoms with Gasteiger partial charge in [0.15, 0.2) is 0 Å². The van der Waals surface area contributed by atoms with E-state index in [1.807, 2.05) is 31.2 Å². The van der Waals surface area contributed by atoms with Crippen LogP contribution in [0.15, 0.2) is 48.5 Å². The molecule has 2 N–H and O–H groups in total. The van der Waals surface area contributed by atoms with Gasteiger partial charge in [0.05, 0.1) is 11.6 Å². The van der Waals surface area contributed by atoms with Gasteiger partial charge < -0.3 is 15.5 Å². The highest BCUT2D eigenvalue weighted by Crippen LogP contribution is 2.35. The molecule has 1 fully saturated rings. The van der Waals surface area contributed by atoms with Crippen molar-refractivity contribution in [3.05, 3.63) is 76.7 Å². The molecule has 2 aliphatic rings. The van der Waals surface area contributed by atoms with Crippen LogP contribution in [-0.4, -0.2) is 34.0 Å². The molecular formula is C26H26FN5O3S. The highest BCUT2D eigenvalue weighted by atomic mass is 32.2. The zero-order chi connectivity index (χ0) is 25.2. The number of fused-ring (bicyclic) bond motifs is 1. The van der Waals surface area contributed by atoms with Gasteiger partial charge in [-0.2, -0.15) is 16.9 Å². The number of nitrogens with zero attached hydrogens (tertiary/aromatic N) is 3. The standard InChI is InChI=1S/C26H26FN5O3S/c1-16-2-8-20(9-3-16)31-12-18(10-24(31)34)26(35)29-25-21-14-36-15-22(21)30-32(25)13-23(33)28-11-17-4-6-19(27)7-5-17/h2-9,18H,10-15H2,1H3,(H,28,33)(H,29,35). The summed E-state index contributed by atoms with van der Waals surface area (Å²) in [4.78, 5) is 40.1. The van der Waals surface area contributed by atoms with E-state index in [1.54, 1.807) is 28.8 Å². The SMILES string of the molecule is Cc1ccc(N2CC(C(=O)Nc3c4c(nn3CC(=O)NCc3ccc(F)cc3)CSC4)CC2=O)cc1. The number of rotatable bonds is 7. The Morgan fingerprint density at radius 1 is 1.11 bits per heavy atom. The van der Waals surface area contributed by atoms with E-state index in [4.69, 9.17) is 0 Å². The number of carbonyl (C=O) groups is 3. The molecule has 8 nitrogen and oxygen atoms in total. The van der Waals surface area contributed by atoms with Crippen LogP contribution in [-0.2, 0) is 39.0 Å². The molecular weight excluding hydrogens is 481 g/mol. The maximum absolute atomic E-state index is 13.2. The van der Waals surface area contributed by atoms with Gasteiger partial charge in [-0.15, -0.1) is 0 Å². The second-order valence-corrected chi connectivity index (χ2v) is 10.0. The Hall–Kier alpha value is -3.66. The van der Waals surface area contributed by atoms with Crippen LogP contribution in [0.3, 0.4) is 0 Å². The normalized spacial score (nSPS) is 16.8. The van der Waals surface area contributed by atoms with Gasteiger partial charge in [0.25, 0.3) is 0 Å². The molecule has 2 aliphatic heterocycles. The molecule has 186 valence electrons. The quantitative estimate of drug-likeness (QED) is 0.511. The first-order chi connectivity index (χ1) is 17.4. The minimum Gasteiger partial charge on any atom is -0.350 e. The lowest BCUT2D eigenvalue weighted by molar-refractivity contribution is -0.122. The van der Waals surface area contributed by atoms with Gasteiger partial charge in [0.1, 0.15) is 18.2 Å². The van der Waals surface area contributed by atoms with Crippen LogP contribution in [0, 0.1) is 18.7 Å². The number of benzene rings is 2. The van der Waals surface area contributed by atoms with Gasteiger partial charge >= 0.3 is 0 Å². The van der Waals surface area contributed by atoms with Crippen molar-refractivity contribution in [2.24, 2.45) is 5.92 Å². The molecule has 3 amide bonds. The number of hydrogen-bond acceptors (Lipinski definition) is 5. The van der Waals surface area contributed by atoms with Gasteiger partial charge in [-0.25, -0.2) is 9.07 Å². The van der Waals surface area contributed by atoms with E-state index in [2.05, 4.69) is 15.7 Å². The summed E-state index contributed by atoms with van der Waals surface area (Å²) in [6, 6.07) is 13.6. The molecule has 3 heterocycles. The number of hydrogen-bond donors (Lipinski definition) is 2. The lowest BCUT2D eigenvalue weighted by Gasteiger charge is -2.17. The summed E-state index contributed by atoms with van der Waals surface area (Å²) in [5, 5.41) is 10.3. The monoisotopic (exact) mass is 507 g/mol. The van der Waals surface area contributed by atoms with E-state index in [1.165, 1.54) is 16.8 Å². The Bertz CT molecular complexity index is 1310. The molecule has 0 spiro atoms. The Kier molecular flexibility index (Phi) is 6.77. The first-order valence-electron chi connectivity index (χ1n) is 11.7. The van der Waals surface area contributed by atoms with Crippen molar-refractivity contribution in [3.8, 4) is 0 Å². The van der Waals surface area contributed by atoms with Crippen molar-refractivity contribution in [1.82, 2.24) is 15.1 Å². The average Bonchev–Trinajstić information content (AvgIpc) is 3.56. The summed E-state index contributed by atoms with van der Waals surface area (Å²) in [5.74, 6) is 0.467. The van der Waals surface area contributed by atoms with Gasteiger partial charge in [0, 0.05) is 42.3 Å². The van der Waals surface area contributed by atoms with Crippen molar-refractivity contribution in [1.29, 1.82) is 0 Å². The number of nitrogens with one attached hydrogen (secondary N) is 2. The van der Waals surface area contributed by atoms with Crippen LogP contribution in [0.2, 0.25) is 0 Å². The number of anilines is 2. The molecule has 3 aromatic rings. The zero-order valence-electron chi connectivity index (χ0n) is 19.8. The van der Waals surface area contributed by atoms with E-state index < -0.39 is 5.92 Å². The molecule has 1 saturated heterocycles. The van der Waals surface area contributed by atoms with Crippen LogP contribution in [0.5, 0.6) is 0 Å². The van der Waals surface area contributed by atoms with Gasteiger partial charge in [-0.05, 0) is 36.8 Å². The number of thioether (sulfide) groups is 1. The molecule has 0 aliphatic carbocycles. The molecule has 1 atom stereocenters. The lowest BCUT2D eigenvalue weighted by Crippen LogP contribution is -2.31. The summed E-state index contributed by atoms with van der Waals surface area (Å²) >= 11 is 1.70. The van der Waals surface area contributed by atoms with Gasteiger partial charge in [0.2, 0.25) is 17.7 Å². The van der Waals surface area contributed by atoms with Crippen LogP contribution >= 0.6 is 11.8 Å². The Morgan fingerprint density at radius 2 is 1.86 bits per heavy atom. The van der Waals surface area contributed by atoms with Crippen molar-refractivity contribution < 1.29 is 18.8 Å². The summed E-state index contributed by atoms with van der Waals surface area (Å²) in [6.45, 7) is 2.48. The highest BCUT2D eigenvalue weighted by Gasteiger charge is 2.36. The third-order valence-corrected chi connectivity index (χ3v) is 7.37. The predicted molar refractivity (Wildman–Crippen MR) is 136 cm³/mol. The molecule has 5 rings (SSSR count). The van der Waals surface area contributed by atoms with E-state index >= 15 is 0 Å². The Balaban J connectivity index is 1.25. The van der Waals surface area contributed by atoms with Crippen molar-refractivity contribution in [3.63, 3.8) is 0 Å². The first-order valence-corrected chi connectivity index (χ1v) is 12.9. The van der Waals surface area contributed by atoms with E-state index in [-0.39, 0.29) is 43.0 Å². The predicted octanol–water partition coefficient (Wildman–Crippen LogP) is 3.39. The number of aromatic nitrogens is 2. The molecule has 1 unspecified atom stereocenters. The first kappa shape index (κ1) is 24.1. The minimum absolute atomic E-state index is 0.0619. The highest BCUT2D eigenvalue weighted by molar-refractivity contribution is 7.98. The summed E-state index contributed by atoms with van der Waals surface area (Å²) in [7, 11) is 0. The summed E-state index contributed by atoms with van der Waals surface area (Å²) in [5.41, 5.74) is 4.42. The third kappa shape index (κ3) is 5.13. The van der Waals surface area contributed by atoms with Crippen LogP contribution in [0.4, 0.5) is 15.9 Å². The second kappa shape index (κ2) is 10.1. The van der Waals surface area contributed by atoms with E-state index in [9.17, 15) is 18.8 Å². The van der Waals surface area contributed by atoms with Crippen LogP contribution < -0.4 is 15.5 Å². The van der Waals surface area contributed by atoms with Crippen molar-refractivity contribution in [2.75, 3.05) is 16.8 Å². The molecule has 0 bridgehead atoms.